The van der Waals surface area contributed by atoms with Crippen molar-refractivity contribution in [2.45, 2.75) is 19.0 Å². The molecule has 2 heterocycles. The van der Waals surface area contributed by atoms with Crippen molar-refractivity contribution >= 4 is 23.4 Å². The van der Waals surface area contributed by atoms with Crippen molar-refractivity contribution in [1.82, 2.24) is 24.5 Å². The molecule has 0 saturated heterocycles. The van der Waals surface area contributed by atoms with Crippen LogP contribution in [-0.2, 0) is 18.9 Å². The molecule has 0 unspecified atom stereocenters. The van der Waals surface area contributed by atoms with Gasteiger partial charge in [0.05, 0.1) is 11.3 Å². The summed E-state index contributed by atoms with van der Waals surface area (Å²) < 4.78 is 3.68. The van der Waals surface area contributed by atoms with E-state index in [1.165, 1.54) is 11.8 Å². The SMILES string of the molecule is Cc1cccc(NC(=O)CSc2nnc(-c3cn(C)nc3-c3ccccc3)n2C)c1C. The van der Waals surface area contributed by atoms with E-state index in [-0.39, 0.29) is 11.7 Å². The van der Waals surface area contributed by atoms with Gasteiger partial charge in [0, 0.05) is 31.5 Å². The summed E-state index contributed by atoms with van der Waals surface area (Å²) in [5.41, 5.74) is 5.83. The lowest BCUT2D eigenvalue weighted by Gasteiger charge is -2.10. The second kappa shape index (κ2) is 8.77. The summed E-state index contributed by atoms with van der Waals surface area (Å²) in [6.07, 6.45) is 1.94. The average molecular weight is 433 g/mol. The van der Waals surface area contributed by atoms with Gasteiger partial charge in [-0.05, 0) is 31.0 Å². The second-order valence-electron chi connectivity index (χ2n) is 7.38. The van der Waals surface area contributed by atoms with E-state index < -0.39 is 0 Å². The van der Waals surface area contributed by atoms with E-state index >= 15 is 0 Å². The second-order valence-corrected chi connectivity index (χ2v) is 8.32. The van der Waals surface area contributed by atoms with Gasteiger partial charge in [0.2, 0.25) is 5.91 Å². The topological polar surface area (TPSA) is 77.6 Å². The number of aryl methyl sites for hydroxylation is 2. The molecule has 158 valence electrons. The van der Waals surface area contributed by atoms with Crippen LogP contribution in [0.25, 0.3) is 22.6 Å². The maximum absolute atomic E-state index is 12.5. The van der Waals surface area contributed by atoms with Crippen molar-refractivity contribution in [1.29, 1.82) is 0 Å². The Kier molecular flexibility index (Phi) is 5.90. The molecule has 0 fully saturated rings. The van der Waals surface area contributed by atoms with Crippen molar-refractivity contribution < 1.29 is 4.79 Å². The van der Waals surface area contributed by atoms with Crippen LogP contribution in [-0.4, -0.2) is 36.2 Å². The van der Waals surface area contributed by atoms with Gasteiger partial charge in [0.15, 0.2) is 11.0 Å². The summed E-state index contributed by atoms with van der Waals surface area (Å²) >= 11 is 1.36. The van der Waals surface area contributed by atoms with Crippen LogP contribution in [0.1, 0.15) is 11.1 Å². The Labute approximate surface area is 185 Å². The minimum absolute atomic E-state index is 0.0744. The first-order chi connectivity index (χ1) is 14.9. The number of carbonyl (C=O) groups is 1. The van der Waals surface area contributed by atoms with E-state index in [0.717, 1.165) is 33.6 Å². The fraction of sp³-hybridized carbons (Fsp3) is 0.217. The molecule has 0 bridgehead atoms. The smallest absolute Gasteiger partial charge is 0.234 e. The van der Waals surface area contributed by atoms with Crippen molar-refractivity contribution in [2.24, 2.45) is 14.1 Å². The Balaban J connectivity index is 1.51. The zero-order chi connectivity index (χ0) is 22.0. The van der Waals surface area contributed by atoms with Gasteiger partial charge in [0.1, 0.15) is 5.69 Å². The minimum Gasteiger partial charge on any atom is -0.325 e. The molecule has 0 spiro atoms. The lowest BCUT2D eigenvalue weighted by molar-refractivity contribution is -0.113. The number of benzene rings is 2. The molecule has 4 aromatic rings. The highest BCUT2D eigenvalue weighted by Gasteiger charge is 2.19. The van der Waals surface area contributed by atoms with E-state index in [1.807, 2.05) is 87.2 Å². The van der Waals surface area contributed by atoms with Crippen molar-refractivity contribution in [3.8, 4) is 22.6 Å². The van der Waals surface area contributed by atoms with Crippen LogP contribution in [0.2, 0.25) is 0 Å². The fourth-order valence-corrected chi connectivity index (χ4v) is 4.05. The van der Waals surface area contributed by atoms with Crippen molar-refractivity contribution in [3.63, 3.8) is 0 Å². The molecule has 0 aliphatic carbocycles. The third-order valence-corrected chi connectivity index (χ3v) is 6.18. The Bertz CT molecular complexity index is 1230. The highest BCUT2D eigenvalue weighted by Crippen LogP contribution is 2.31. The van der Waals surface area contributed by atoms with Crippen molar-refractivity contribution in [3.05, 3.63) is 65.9 Å². The number of amides is 1. The van der Waals surface area contributed by atoms with Crippen LogP contribution < -0.4 is 5.32 Å². The van der Waals surface area contributed by atoms with Gasteiger partial charge in [-0.3, -0.25) is 9.48 Å². The lowest BCUT2D eigenvalue weighted by Crippen LogP contribution is -2.15. The van der Waals surface area contributed by atoms with Gasteiger partial charge < -0.3 is 9.88 Å². The Morgan fingerprint density at radius 2 is 1.81 bits per heavy atom. The van der Waals surface area contributed by atoms with E-state index in [0.29, 0.717) is 11.0 Å². The van der Waals surface area contributed by atoms with Crippen LogP contribution >= 0.6 is 11.8 Å². The summed E-state index contributed by atoms with van der Waals surface area (Å²) in [7, 11) is 3.79. The lowest BCUT2D eigenvalue weighted by atomic mass is 10.1. The first kappa shape index (κ1) is 20.9. The minimum atomic E-state index is -0.0744. The molecule has 0 atom stereocenters. The first-order valence-corrected chi connectivity index (χ1v) is 10.9. The van der Waals surface area contributed by atoms with Crippen molar-refractivity contribution in [2.75, 3.05) is 11.1 Å². The number of hydrogen-bond donors (Lipinski definition) is 1. The number of rotatable bonds is 6. The van der Waals surface area contributed by atoms with E-state index in [2.05, 4.69) is 20.6 Å². The standard InChI is InChI=1S/C23H24N6OS/c1-15-9-8-12-19(16(15)2)24-20(30)14-31-23-26-25-22(29(23)4)18-13-28(3)27-21(18)17-10-6-5-7-11-17/h5-13H,14H2,1-4H3,(H,24,30). The quantitative estimate of drug-likeness (QED) is 0.461. The molecule has 0 aliphatic heterocycles. The number of anilines is 1. The zero-order valence-electron chi connectivity index (χ0n) is 18.0. The third-order valence-electron chi connectivity index (χ3n) is 5.16. The van der Waals surface area contributed by atoms with Gasteiger partial charge >= 0.3 is 0 Å². The summed E-state index contributed by atoms with van der Waals surface area (Å²) in [6.45, 7) is 4.04. The molecular formula is C23H24N6OS. The zero-order valence-corrected chi connectivity index (χ0v) is 18.8. The average Bonchev–Trinajstić information content (AvgIpc) is 3.32. The summed E-state index contributed by atoms with van der Waals surface area (Å²) in [5.74, 6) is 0.886. The third kappa shape index (κ3) is 4.39. The monoisotopic (exact) mass is 432 g/mol. The van der Waals surface area contributed by atoms with Crippen LogP contribution in [0.15, 0.2) is 59.9 Å². The predicted molar refractivity (Wildman–Crippen MR) is 124 cm³/mol. The van der Waals surface area contributed by atoms with E-state index in [1.54, 1.807) is 4.68 Å². The van der Waals surface area contributed by atoms with E-state index in [9.17, 15) is 4.79 Å². The normalized spacial score (nSPS) is 11.0. The molecule has 2 aromatic heterocycles. The molecule has 1 amide bonds. The molecule has 1 N–H and O–H groups in total. The van der Waals surface area contributed by atoms with Gasteiger partial charge in [0.25, 0.3) is 0 Å². The van der Waals surface area contributed by atoms with Gasteiger partial charge in [-0.2, -0.15) is 5.10 Å². The maximum Gasteiger partial charge on any atom is 0.234 e. The number of nitrogens with zero attached hydrogens (tertiary/aromatic N) is 5. The molecule has 0 radical (unpaired) electrons. The van der Waals surface area contributed by atoms with Crippen LogP contribution in [0, 0.1) is 13.8 Å². The molecule has 8 heteroatoms. The van der Waals surface area contributed by atoms with Gasteiger partial charge in [-0.1, -0.05) is 54.2 Å². The number of carbonyl (C=O) groups excluding carboxylic acids is 1. The number of thioether (sulfide) groups is 1. The highest BCUT2D eigenvalue weighted by molar-refractivity contribution is 7.99. The molecular weight excluding hydrogens is 408 g/mol. The molecule has 7 nitrogen and oxygen atoms in total. The summed E-state index contributed by atoms with van der Waals surface area (Å²) in [4.78, 5) is 12.5. The largest absolute Gasteiger partial charge is 0.325 e. The summed E-state index contributed by atoms with van der Waals surface area (Å²) in [6, 6.07) is 15.9. The first-order valence-electron chi connectivity index (χ1n) is 9.91. The van der Waals surface area contributed by atoms with Gasteiger partial charge in [-0.25, -0.2) is 0 Å². The summed E-state index contributed by atoms with van der Waals surface area (Å²) in [5, 5.41) is 17.0. The fourth-order valence-electron chi connectivity index (χ4n) is 3.34. The molecule has 2 aromatic carbocycles. The van der Waals surface area contributed by atoms with Gasteiger partial charge in [-0.15, -0.1) is 10.2 Å². The van der Waals surface area contributed by atoms with Crippen LogP contribution in [0.5, 0.6) is 0 Å². The van der Waals surface area contributed by atoms with Crippen LogP contribution in [0.4, 0.5) is 5.69 Å². The molecule has 4 rings (SSSR count). The Morgan fingerprint density at radius 1 is 1.03 bits per heavy atom. The Morgan fingerprint density at radius 3 is 2.58 bits per heavy atom. The van der Waals surface area contributed by atoms with E-state index in [4.69, 9.17) is 0 Å². The number of nitrogens with one attached hydrogen (secondary N) is 1. The maximum atomic E-state index is 12.5. The molecule has 0 saturated carbocycles. The highest BCUT2D eigenvalue weighted by atomic mass is 32.2. The molecule has 0 aliphatic rings. The van der Waals surface area contributed by atoms with Crippen LogP contribution in [0.3, 0.4) is 0 Å². The Hall–Kier alpha value is -3.39. The number of hydrogen-bond acceptors (Lipinski definition) is 5. The predicted octanol–water partition coefficient (Wildman–Crippen LogP) is 4.23. The number of aromatic nitrogens is 5. The molecule has 31 heavy (non-hydrogen) atoms.